The summed E-state index contributed by atoms with van der Waals surface area (Å²) in [5.74, 6) is -1.38. The zero-order valence-electron chi connectivity index (χ0n) is 8.53. The average Bonchev–Trinajstić information content (AvgIpc) is 1.98. The minimum Gasteiger partial charge on any atom is -0.481 e. The maximum Gasteiger partial charge on any atom is 0.333 e. The summed E-state index contributed by atoms with van der Waals surface area (Å²) in [5, 5.41) is 8.64. The van der Waals surface area contributed by atoms with Crippen molar-refractivity contribution < 1.29 is 19.4 Å². The second-order valence-corrected chi connectivity index (χ2v) is 4.14. The molecule has 0 saturated carbocycles. The number of carbonyl (C=O) groups excluding carboxylic acids is 1. The van der Waals surface area contributed by atoms with Gasteiger partial charge in [0, 0.05) is 11.0 Å². The number of carboxylic acid groups (broad SMARTS) is 1. The predicted molar refractivity (Wildman–Crippen MR) is 49.7 cm³/mol. The van der Waals surface area contributed by atoms with Crippen molar-refractivity contribution in [2.24, 2.45) is 5.41 Å². The maximum atomic E-state index is 11.2. The highest BCUT2D eigenvalue weighted by atomic mass is 16.5. The number of esters is 1. The molecule has 1 unspecified atom stereocenters. The summed E-state index contributed by atoms with van der Waals surface area (Å²) in [6, 6.07) is 0. The first-order valence-corrected chi connectivity index (χ1v) is 4.45. The Morgan fingerprint density at radius 3 is 2.71 bits per heavy atom. The van der Waals surface area contributed by atoms with Crippen LogP contribution in [-0.2, 0) is 14.3 Å². The molecule has 1 N–H and O–H groups in total. The Kier molecular flexibility index (Phi) is 2.64. The van der Waals surface area contributed by atoms with Gasteiger partial charge in [-0.05, 0) is 6.92 Å². The van der Waals surface area contributed by atoms with Gasteiger partial charge in [-0.3, -0.25) is 4.79 Å². The molecule has 0 saturated heterocycles. The third kappa shape index (κ3) is 2.13. The van der Waals surface area contributed by atoms with E-state index in [1.807, 2.05) is 13.8 Å². The van der Waals surface area contributed by atoms with Crippen LogP contribution in [0.4, 0.5) is 0 Å². The maximum absolute atomic E-state index is 11.2. The number of hydrogen-bond donors (Lipinski definition) is 1. The van der Waals surface area contributed by atoms with Gasteiger partial charge in [-0.15, -0.1) is 0 Å². The Balaban J connectivity index is 2.89. The van der Waals surface area contributed by atoms with Gasteiger partial charge in [0.15, 0.2) is 0 Å². The topological polar surface area (TPSA) is 63.6 Å². The smallest absolute Gasteiger partial charge is 0.333 e. The molecule has 1 aliphatic heterocycles. The van der Waals surface area contributed by atoms with Crippen molar-refractivity contribution in [3.05, 3.63) is 11.6 Å². The van der Waals surface area contributed by atoms with Crippen molar-refractivity contribution in [2.45, 2.75) is 33.3 Å². The van der Waals surface area contributed by atoms with E-state index in [2.05, 4.69) is 0 Å². The van der Waals surface area contributed by atoms with Crippen LogP contribution in [0.15, 0.2) is 11.6 Å². The zero-order valence-corrected chi connectivity index (χ0v) is 8.53. The zero-order chi connectivity index (χ0) is 10.9. The molecule has 0 aliphatic carbocycles. The first-order valence-electron chi connectivity index (χ1n) is 4.45. The van der Waals surface area contributed by atoms with E-state index >= 15 is 0 Å². The van der Waals surface area contributed by atoms with Crippen LogP contribution < -0.4 is 0 Å². The van der Waals surface area contributed by atoms with E-state index in [1.54, 1.807) is 13.0 Å². The Bertz CT molecular complexity index is 301. The predicted octanol–water partition coefficient (Wildman–Crippen LogP) is 1.36. The summed E-state index contributed by atoms with van der Waals surface area (Å²) in [7, 11) is 0. The number of hydrogen-bond acceptors (Lipinski definition) is 3. The van der Waals surface area contributed by atoms with E-state index in [1.165, 1.54) is 0 Å². The molecule has 1 aliphatic rings. The van der Waals surface area contributed by atoms with E-state index < -0.39 is 23.5 Å². The highest BCUT2D eigenvalue weighted by molar-refractivity contribution is 5.89. The van der Waals surface area contributed by atoms with Crippen molar-refractivity contribution in [1.82, 2.24) is 0 Å². The third-order valence-electron chi connectivity index (χ3n) is 2.35. The summed E-state index contributed by atoms with van der Waals surface area (Å²) in [6.07, 6.45) is 1.05. The fourth-order valence-corrected chi connectivity index (χ4v) is 1.55. The van der Waals surface area contributed by atoms with E-state index in [-0.39, 0.29) is 6.42 Å². The molecule has 1 atom stereocenters. The van der Waals surface area contributed by atoms with Crippen LogP contribution in [0.3, 0.4) is 0 Å². The van der Waals surface area contributed by atoms with Crippen molar-refractivity contribution in [3.63, 3.8) is 0 Å². The van der Waals surface area contributed by atoms with Crippen molar-refractivity contribution in [2.75, 3.05) is 0 Å². The van der Waals surface area contributed by atoms with Gasteiger partial charge >= 0.3 is 11.9 Å². The minimum atomic E-state index is -0.955. The molecule has 78 valence electrons. The SMILES string of the molecule is CC1=CC(C)(C)C(CC(=O)O)OC1=O. The van der Waals surface area contributed by atoms with Crippen LogP contribution in [0, 0.1) is 5.41 Å². The summed E-state index contributed by atoms with van der Waals surface area (Å²) >= 11 is 0. The van der Waals surface area contributed by atoms with Gasteiger partial charge in [-0.1, -0.05) is 19.9 Å². The van der Waals surface area contributed by atoms with Crippen LogP contribution in [0.1, 0.15) is 27.2 Å². The number of cyclic esters (lactones) is 1. The lowest BCUT2D eigenvalue weighted by molar-refractivity contribution is -0.156. The van der Waals surface area contributed by atoms with Gasteiger partial charge in [-0.2, -0.15) is 0 Å². The van der Waals surface area contributed by atoms with Gasteiger partial charge in [-0.25, -0.2) is 4.79 Å². The monoisotopic (exact) mass is 198 g/mol. The molecular weight excluding hydrogens is 184 g/mol. The molecule has 0 aromatic heterocycles. The van der Waals surface area contributed by atoms with Crippen molar-refractivity contribution in [1.29, 1.82) is 0 Å². The van der Waals surface area contributed by atoms with Crippen LogP contribution in [0.5, 0.6) is 0 Å². The molecule has 0 spiro atoms. The lowest BCUT2D eigenvalue weighted by Gasteiger charge is -2.34. The van der Waals surface area contributed by atoms with E-state index in [0.717, 1.165) is 0 Å². The second-order valence-electron chi connectivity index (χ2n) is 4.14. The van der Waals surface area contributed by atoms with Gasteiger partial charge in [0.1, 0.15) is 6.10 Å². The summed E-state index contributed by atoms with van der Waals surface area (Å²) in [5.41, 5.74) is 0.132. The lowest BCUT2D eigenvalue weighted by Crippen LogP contribution is -2.38. The molecule has 4 nitrogen and oxygen atoms in total. The van der Waals surface area contributed by atoms with E-state index in [9.17, 15) is 9.59 Å². The Morgan fingerprint density at radius 1 is 1.64 bits per heavy atom. The van der Waals surface area contributed by atoms with Crippen molar-refractivity contribution >= 4 is 11.9 Å². The molecule has 14 heavy (non-hydrogen) atoms. The third-order valence-corrected chi connectivity index (χ3v) is 2.35. The molecule has 0 bridgehead atoms. The van der Waals surface area contributed by atoms with E-state index in [4.69, 9.17) is 9.84 Å². The molecule has 0 aromatic carbocycles. The average molecular weight is 198 g/mol. The molecular formula is C10H14O4. The van der Waals surface area contributed by atoms with Crippen molar-refractivity contribution in [3.8, 4) is 0 Å². The molecule has 0 amide bonds. The summed E-state index contributed by atoms with van der Waals surface area (Å²) in [4.78, 5) is 21.7. The highest BCUT2D eigenvalue weighted by Gasteiger charge is 2.37. The first-order chi connectivity index (χ1) is 6.33. The molecule has 1 heterocycles. The Labute approximate surface area is 82.6 Å². The largest absolute Gasteiger partial charge is 0.481 e. The fraction of sp³-hybridized carbons (Fsp3) is 0.600. The standard InChI is InChI=1S/C10H14O4/c1-6-5-10(2,3)7(4-8(11)12)14-9(6)13/h5,7H,4H2,1-3H3,(H,11,12). The Morgan fingerprint density at radius 2 is 2.21 bits per heavy atom. The molecule has 0 fully saturated rings. The second kappa shape index (κ2) is 3.44. The Hall–Kier alpha value is -1.32. The number of carbonyl (C=O) groups is 2. The number of carboxylic acids is 1. The number of rotatable bonds is 2. The fourth-order valence-electron chi connectivity index (χ4n) is 1.55. The molecule has 4 heteroatoms. The van der Waals surface area contributed by atoms with Gasteiger partial charge in [0.05, 0.1) is 6.42 Å². The molecule has 0 radical (unpaired) electrons. The number of ether oxygens (including phenoxy) is 1. The minimum absolute atomic E-state index is 0.150. The van der Waals surface area contributed by atoms with Gasteiger partial charge < -0.3 is 9.84 Å². The van der Waals surface area contributed by atoms with Crippen LogP contribution in [0.2, 0.25) is 0 Å². The highest BCUT2D eigenvalue weighted by Crippen LogP contribution is 2.33. The van der Waals surface area contributed by atoms with Gasteiger partial charge in [0.25, 0.3) is 0 Å². The van der Waals surface area contributed by atoms with E-state index in [0.29, 0.717) is 5.57 Å². The summed E-state index contributed by atoms with van der Waals surface area (Å²) in [6.45, 7) is 5.38. The lowest BCUT2D eigenvalue weighted by atomic mass is 9.81. The number of aliphatic carboxylic acids is 1. The van der Waals surface area contributed by atoms with Crippen LogP contribution in [-0.4, -0.2) is 23.1 Å². The summed E-state index contributed by atoms with van der Waals surface area (Å²) < 4.78 is 5.04. The normalized spacial score (nSPS) is 25.2. The van der Waals surface area contributed by atoms with Crippen LogP contribution in [0.25, 0.3) is 0 Å². The van der Waals surface area contributed by atoms with Gasteiger partial charge in [0.2, 0.25) is 0 Å². The quantitative estimate of drug-likeness (QED) is 0.680. The molecule has 0 aromatic rings. The van der Waals surface area contributed by atoms with Crippen LogP contribution >= 0.6 is 0 Å². The molecule has 1 rings (SSSR count). The first kappa shape index (κ1) is 10.8.